The van der Waals surface area contributed by atoms with Gasteiger partial charge in [-0.2, -0.15) is 0 Å². The minimum Gasteiger partial charge on any atom is -0.325 e. The van der Waals surface area contributed by atoms with E-state index in [1.165, 1.54) is 0 Å². The molecule has 1 fully saturated rings. The monoisotopic (exact) mass is 322 g/mol. The molecule has 1 unspecified atom stereocenters. The smallest absolute Gasteiger partial charge is 0.254 e. The zero-order chi connectivity index (χ0) is 17.1. The van der Waals surface area contributed by atoms with Crippen LogP contribution >= 0.6 is 0 Å². The summed E-state index contributed by atoms with van der Waals surface area (Å²) in [6.45, 7) is 4.71. The van der Waals surface area contributed by atoms with Gasteiger partial charge in [-0.25, -0.2) is 0 Å². The van der Waals surface area contributed by atoms with Crippen LogP contribution in [-0.2, 0) is 9.59 Å². The van der Waals surface area contributed by atoms with E-state index in [1.807, 2.05) is 68.4 Å². The quantitative estimate of drug-likeness (QED) is 0.866. The average Bonchev–Trinajstić information content (AvgIpc) is 2.60. The van der Waals surface area contributed by atoms with Crippen LogP contribution in [0, 0.1) is 6.92 Å². The number of rotatable bonds is 4. The van der Waals surface area contributed by atoms with E-state index in [0.29, 0.717) is 6.54 Å². The standard InChI is InChI=1S/C20H22N2O2/c1-3-13-21-18(23)14-22(17-11-9-15(2)10-12-17)20(24)19(21)16-7-5-4-6-8-16/h4-12,19H,3,13-14H2,1-2H3. The van der Waals surface area contributed by atoms with E-state index in [-0.39, 0.29) is 18.4 Å². The number of hydrogen-bond donors (Lipinski definition) is 0. The van der Waals surface area contributed by atoms with E-state index in [2.05, 4.69) is 0 Å². The summed E-state index contributed by atoms with van der Waals surface area (Å²) in [5, 5.41) is 0. The highest BCUT2D eigenvalue weighted by molar-refractivity contribution is 6.06. The number of amides is 2. The summed E-state index contributed by atoms with van der Waals surface area (Å²) >= 11 is 0. The molecule has 4 nitrogen and oxygen atoms in total. The molecular formula is C20H22N2O2. The van der Waals surface area contributed by atoms with Crippen LogP contribution in [0.4, 0.5) is 5.69 Å². The zero-order valence-electron chi connectivity index (χ0n) is 14.1. The van der Waals surface area contributed by atoms with E-state index < -0.39 is 6.04 Å². The summed E-state index contributed by atoms with van der Waals surface area (Å²) in [6.07, 6.45) is 0.826. The molecule has 24 heavy (non-hydrogen) atoms. The lowest BCUT2D eigenvalue weighted by atomic mass is 10.00. The number of nitrogens with zero attached hydrogens (tertiary/aromatic N) is 2. The number of aryl methyl sites for hydroxylation is 1. The van der Waals surface area contributed by atoms with Crippen molar-refractivity contribution >= 4 is 17.5 Å². The normalized spacial score (nSPS) is 18.2. The highest BCUT2D eigenvalue weighted by Crippen LogP contribution is 2.30. The second kappa shape index (κ2) is 6.87. The summed E-state index contributed by atoms with van der Waals surface area (Å²) in [5.41, 5.74) is 2.76. The van der Waals surface area contributed by atoms with Crippen molar-refractivity contribution in [3.05, 3.63) is 65.7 Å². The molecule has 4 heteroatoms. The van der Waals surface area contributed by atoms with Gasteiger partial charge in [0, 0.05) is 12.2 Å². The average molecular weight is 322 g/mol. The van der Waals surface area contributed by atoms with Gasteiger partial charge in [0.1, 0.15) is 12.6 Å². The van der Waals surface area contributed by atoms with Gasteiger partial charge in [-0.05, 0) is 31.0 Å². The summed E-state index contributed by atoms with van der Waals surface area (Å²) in [7, 11) is 0. The molecule has 0 radical (unpaired) electrons. The maximum atomic E-state index is 13.2. The van der Waals surface area contributed by atoms with E-state index in [9.17, 15) is 9.59 Å². The fourth-order valence-corrected chi connectivity index (χ4v) is 3.12. The molecule has 124 valence electrons. The first-order valence-electron chi connectivity index (χ1n) is 8.34. The van der Waals surface area contributed by atoms with E-state index >= 15 is 0 Å². The lowest BCUT2D eigenvalue weighted by molar-refractivity contribution is -0.143. The number of carbonyl (C=O) groups is 2. The number of carbonyl (C=O) groups excluding carboxylic acids is 2. The van der Waals surface area contributed by atoms with Crippen LogP contribution in [0.25, 0.3) is 0 Å². The molecule has 2 aromatic rings. The predicted octanol–water partition coefficient (Wildman–Crippen LogP) is 3.32. The van der Waals surface area contributed by atoms with Gasteiger partial charge in [-0.1, -0.05) is 55.0 Å². The predicted molar refractivity (Wildman–Crippen MR) is 94.7 cm³/mol. The van der Waals surface area contributed by atoms with Gasteiger partial charge >= 0.3 is 0 Å². The molecular weight excluding hydrogens is 300 g/mol. The largest absolute Gasteiger partial charge is 0.325 e. The third-order valence-corrected chi connectivity index (χ3v) is 4.35. The Kier molecular flexibility index (Phi) is 4.65. The lowest BCUT2D eigenvalue weighted by Crippen LogP contribution is -2.55. The van der Waals surface area contributed by atoms with Crippen molar-refractivity contribution in [2.45, 2.75) is 26.3 Å². The van der Waals surface area contributed by atoms with E-state index in [4.69, 9.17) is 0 Å². The van der Waals surface area contributed by atoms with Crippen molar-refractivity contribution in [2.75, 3.05) is 18.0 Å². The first-order chi connectivity index (χ1) is 11.6. The Morgan fingerprint density at radius 2 is 1.67 bits per heavy atom. The first-order valence-corrected chi connectivity index (χ1v) is 8.34. The molecule has 3 rings (SSSR count). The fraction of sp³-hybridized carbons (Fsp3) is 0.300. The van der Waals surface area contributed by atoms with Crippen LogP contribution in [-0.4, -0.2) is 29.8 Å². The molecule has 1 saturated heterocycles. The summed E-state index contributed by atoms with van der Waals surface area (Å²) in [5.74, 6) is -0.0519. The van der Waals surface area contributed by atoms with Gasteiger partial charge in [-0.15, -0.1) is 0 Å². The van der Waals surface area contributed by atoms with Gasteiger partial charge in [0.2, 0.25) is 5.91 Å². The number of benzene rings is 2. The van der Waals surface area contributed by atoms with Crippen LogP contribution in [0.15, 0.2) is 54.6 Å². The van der Waals surface area contributed by atoms with Crippen LogP contribution in [0.5, 0.6) is 0 Å². The van der Waals surface area contributed by atoms with E-state index in [1.54, 1.807) is 9.80 Å². The fourth-order valence-electron chi connectivity index (χ4n) is 3.12. The summed E-state index contributed by atoms with van der Waals surface area (Å²) < 4.78 is 0. The molecule has 1 aliphatic heterocycles. The third-order valence-electron chi connectivity index (χ3n) is 4.35. The molecule has 2 amide bonds. The highest BCUT2D eigenvalue weighted by Gasteiger charge is 2.40. The maximum Gasteiger partial charge on any atom is 0.254 e. The van der Waals surface area contributed by atoms with Gasteiger partial charge in [-0.3, -0.25) is 9.59 Å². The SMILES string of the molecule is CCCN1C(=O)CN(c2ccc(C)cc2)C(=O)C1c1ccccc1. The molecule has 0 spiro atoms. The Labute approximate surface area is 142 Å². The number of hydrogen-bond acceptors (Lipinski definition) is 2. The number of anilines is 1. The highest BCUT2D eigenvalue weighted by atomic mass is 16.2. The van der Waals surface area contributed by atoms with Crippen LogP contribution < -0.4 is 4.90 Å². The second-order valence-corrected chi connectivity index (χ2v) is 6.16. The van der Waals surface area contributed by atoms with Gasteiger partial charge in [0.25, 0.3) is 5.91 Å². The Hall–Kier alpha value is -2.62. The van der Waals surface area contributed by atoms with Crippen molar-refractivity contribution in [3.63, 3.8) is 0 Å². The molecule has 0 aliphatic carbocycles. The minimum absolute atomic E-state index is 0.00845. The molecule has 0 N–H and O–H groups in total. The van der Waals surface area contributed by atoms with Crippen LogP contribution in [0.1, 0.15) is 30.5 Å². The molecule has 1 heterocycles. The summed E-state index contributed by atoms with van der Waals surface area (Å²) in [6, 6.07) is 16.7. The zero-order valence-corrected chi connectivity index (χ0v) is 14.1. The summed E-state index contributed by atoms with van der Waals surface area (Å²) in [4.78, 5) is 29.2. The van der Waals surface area contributed by atoms with Crippen LogP contribution in [0.2, 0.25) is 0 Å². The van der Waals surface area contributed by atoms with Crippen LogP contribution in [0.3, 0.4) is 0 Å². The van der Waals surface area contributed by atoms with E-state index in [0.717, 1.165) is 23.2 Å². The Balaban J connectivity index is 1.99. The molecule has 1 aliphatic rings. The lowest BCUT2D eigenvalue weighted by Gasteiger charge is -2.40. The van der Waals surface area contributed by atoms with Gasteiger partial charge in [0.15, 0.2) is 0 Å². The molecule has 0 bridgehead atoms. The Bertz CT molecular complexity index is 725. The van der Waals surface area contributed by atoms with Gasteiger partial charge < -0.3 is 9.80 Å². The topological polar surface area (TPSA) is 40.6 Å². The molecule has 2 aromatic carbocycles. The first kappa shape index (κ1) is 16.2. The second-order valence-electron chi connectivity index (χ2n) is 6.16. The van der Waals surface area contributed by atoms with Gasteiger partial charge in [0.05, 0.1) is 0 Å². The third kappa shape index (κ3) is 3.04. The maximum absolute atomic E-state index is 13.2. The van der Waals surface area contributed by atoms with Crippen molar-refractivity contribution in [3.8, 4) is 0 Å². The van der Waals surface area contributed by atoms with Crippen molar-refractivity contribution in [1.82, 2.24) is 4.90 Å². The van der Waals surface area contributed by atoms with Crippen molar-refractivity contribution in [1.29, 1.82) is 0 Å². The Morgan fingerprint density at radius 3 is 2.29 bits per heavy atom. The number of piperazine rings is 1. The molecule has 1 atom stereocenters. The van der Waals surface area contributed by atoms with Crippen molar-refractivity contribution in [2.24, 2.45) is 0 Å². The molecule has 0 saturated carbocycles. The minimum atomic E-state index is -0.547. The molecule has 0 aromatic heterocycles. The van der Waals surface area contributed by atoms with Crippen molar-refractivity contribution < 1.29 is 9.59 Å². The Morgan fingerprint density at radius 1 is 1.00 bits per heavy atom.